The van der Waals surface area contributed by atoms with Crippen LogP contribution < -0.4 is 16.4 Å². The Morgan fingerprint density at radius 2 is 2.13 bits per heavy atom. The van der Waals surface area contributed by atoms with E-state index in [0.717, 1.165) is 71.0 Å². The van der Waals surface area contributed by atoms with Gasteiger partial charge in [-0.05, 0) is 57.2 Å². The quantitative estimate of drug-likeness (QED) is 0.267. The molecule has 2 atom stereocenters. The summed E-state index contributed by atoms with van der Waals surface area (Å²) in [7, 11) is 0. The first-order chi connectivity index (χ1) is 14.5. The van der Waals surface area contributed by atoms with Crippen molar-refractivity contribution in [3.8, 4) is 0 Å². The summed E-state index contributed by atoms with van der Waals surface area (Å²) in [5.41, 5.74) is 7.83. The van der Waals surface area contributed by atoms with Crippen LogP contribution in [0.5, 0.6) is 0 Å². The van der Waals surface area contributed by atoms with Crippen molar-refractivity contribution in [2.45, 2.75) is 58.2 Å². The Kier molecular flexibility index (Phi) is 10.5. The number of carbonyl (C=O) groups is 1. The summed E-state index contributed by atoms with van der Waals surface area (Å²) in [4.78, 5) is 18.6. The molecular weight excluding hydrogens is 505 g/mol. The van der Waals surface area contributed by atoms with E-state index in [1.54, 1.807) is 0 Å². The molecule has 0 bridgehead atoms. The molecule has 1 aromatic carbocycles. The molecule has 0 saturated carbocycles. The maximum absolute atomic E-state index is 11.5. The fourth-order valence-corrected chi connectivity index (χ4v) is 4.27. The van der Waals surface area contributed by atoms with Gasteiger partial charge in [0.25, 0.3) is 0 Å². The lowest BCUT2D eigenvalue weighted by atomic mass is 9.97. The molecule has 2 fully saturated rings. The van der Waals surface area contributed by atoms with Crippen molar-refractivity contribution in [3.63, 3.8) is 0 Å². The molecule has 1 amide bonds. The van der Waals surface area contributed by atoms with Gasteiger partial charge in [0.05, 0.1) is 18.1 Å². The largest absolute Gasteiger partial charge is 0.373 e. The van der Waals surface area contributed by atoms with E-state index >= 15 is 0 Å². The van der Waals surface area contributed by atoms with Gasteiger partial charge in [0.2, 0.25) is 5.91 Å². The van der Waals surface area contributed by atoms with Gasteiger partial charge in [-0.15, -0.1) is 24.0 Å². The molecule has 2 aliphatic rings. The maximum atomic E-state index is 11.5. The Balaban J connectivity index is 0.00000341. The van der Waals surface area contributed by atoms with Crippen LogP contribution >= 0.6 is 24.0 Å². The SMILES string of the molecule is CCNC(=NCc1cccc(CN2CCCC(C(N)=O)C2)c1)NCC1(C)CCCO1.I. The molecule has 4 N–H and O–H groups in total. The standard InChI is InChI=1S/C23H37N5O2.HI/c1-3-25-22(27-17-23(2)10-6-12-30-23)26-14-18-7-4-8-19(13-18)15-28-11-5-9-20(16-28)21(24)29;/h4,7-8,13,20H,3,5-6,9-12,14-17H2,1-2H3,(H2,24,29)(H2,25,26,27);1H. The van der Waals surface area contributed by atoms with E-state index in [-0.39, 0.29) is 41.4 Å². The highest BCUT2D eigenvalue weighted by Gasteiger charge is 2.29. The zero-order chi connectivity index (χ0) is 21.4. The zero-order valence-electron chi connectivity index (χ0n) is 18.9. The number of amides is 1. The number of primary amides is 1. The van der Waals surface area contributed by atoms with Crippen molar-refractivity contribution in [2.75, 3.05) is 32.8 Å². The predicted octanol–water partition coefficient (Wildman–Crippen LogP) is 2.63. The Labute approximate surface area is 203 Å². The lowest BCUT2D eigenvalue weighted by molar-refractivity contribution is -0.123. The van der Waals surface area contributed by atoms with Crippen molar-refractivity contribution in [2.24, 2.45) is 16.6 Å². The number of halogens is 1. The number of guanidine groups is 1. The zero-order valence-corrected chi connectivity index (χ0v) is 21.2. The third kappa shape index (κ3) is 8.23. The Morgan fingerprint density at radius 3 is 2.84 bits per heavy atom. The van der Waals surface area contributed by atoms with Crippen LogP contribution in [0, 0.1) is 5.92 Å². The van der Waals surface area contributed by atoms with Crippen molar-refractivity contribution >= 4 is 35.8 Å². The highest BCUT2D eigenvalue weighted by molar-refractivity contribution is 14.0. The van der Waals surface area contributed by atoms with Gasteiger partial charge in [-0.2, -0.15) is 0 Å². The van der Waals surface area contributed by atoms with E-state index in [4.69, 9.17) is 15.5 Å². The van der Waals surface area contributed by atoms with Gasteiger partial charge >= 0.3 is 0 Å². The first-order valence-corrected chi connectivity index (χ1v) is 11.2. The topological polar surface area (TPSA) is 92.0 Å². The lowest BCUT2D eigenvalue weighted by Gasteiger charge is -2.31. The van der Waals surface area contributed by atoms with Crippen LogP contribution in [0.15, 0.2) is 29.3 Å². The summed E-state index contributed by atoms with van der Waals surface area (Å²) in [6.45, 7) is 9.88. The van der Waals surface area contributed by atoms with Gasteiger partial charge in [0.15, 0.2) is 5.96 Å². The highest BCUT2D eigenvalue weighted by atomic mass is 127. The number of carbonyl (C=O) groups excluding carboxylic acids is 1. The molecule has 31 heavy (non-hydrogen) atoms. The summed E-state index contributed by atoms with van der Waals surface area (Å²) in [5, 5.41) is 6.75. The fraction of sp³-hybridized carbons (Fsp3) is 0.652. The molecule has 1 aromatic rings. The monoisotopic (exact) mass is 543 g/mol. The number of hydrogen-bond acceptors (Lipinski definition) is 4. The summed E-state index contributed by atoms with van der Waals surface area (Å²) in [6.07, 6.45) is 4.13. The number of nitrogens with one attached hydrogen (secondary N) is 2. The van der Waals surface area contributed by atoms with Crippen molar-refractivity contribution in [3.05, 3.63) is 35.4 Å². The molecule has 0 aliphatic carbocycles. The minimum atomic E-state index is -0.178. The molecule has 2 saturated heterocycles. The number of rotatable bonds is 8. The second kappa shape index (κ2) is 12.6. The van der Waals surface area contributed by atoms with E-state index in [1.165, 1.54) is 11.1 Å². The molecule has 8 heteroatoms. The molecular formula is C23H38IN5O2. The highest BCUT2D eigenvalue weighted by Crippen LogP contribution is 2.24. The predicted molar refractivity (Wildman–Crippen MR) is 135 cm³/mol. The second-order valence-corrected chi connectivity index (χ2v) is 8.75. The Hall–Kier alpha value is -1.39. The first kappa shape index (κ1) is 25.9. The van der Waals surface area contributed by atoms with Gasteiger partial charge in [-0.1, -0.05) is 24.3 Å². The van der Waals surface area contributed by atoms with E-state index in [1.807, 2.05) is 0 Å². The average molecular weight is 543 g/mol. The average Bonchev–Trinajstić information content (AvgIpc) is 3.17. The molecule has 7 nitrogen and oxygen atoms in total. The summed E-state index contributed by atoms with van der Waals surface area (Å²) in [6, 6.07) is 8.55. The van der Waals surface area contributed by atoms with Gasteiger partial charge in [-0.25, -0.2) is 4.99 Å². The van der Waals surface area contributed by atoms with Crippen molar-refractivity contribution < 1.29 is 9.53 Å². The second-order valence-electron chi connectivity index (χ2n) is 8.75. The summed E-state index contributed by atoms with van der Waals surface area (Å²) in [5.74, 6) is 0.619. The van der Waals surface area contributed by atoms with Crippen molar-refractivity contribution in [1.29, 1.82) is 0 Å². The minimum Gasteiger partial charge on any atom is -0.373 e. The third-order valence-electron chi connectivity index (χ3n) is 6.00. The van der Waals surface area contributed by atoms with Gasteiger partial charge in [0.1, 0.15) is 0 Å². The number of ether oxygens (including phenoxy) is 1. The van der Waals surface area contributed by atoms with Crippen LogP contribution in [-0.2, 0) is 22.6 Å². The molecule has 2 unspecified atom stereocenters. The normalized spacial score (nSPS) is 24.5. The number of nitrogens with two attached hydrogens (primary N) is 1. The number of benzene rings is 1. The fourth-order valence-electron chi connectivity index (χ4n) is 4.27. The Bertz CT molecular complexity index is 736. The summed E-state index contributed by atoms with van der Waals surface area (Å²) < 4.78 is 5.86. The van der Waals surface area contributed by atoms with Crippen LogP contribution in [0.25, 0.3) is 0 Å². The number of hydrogen-bond donors (Lipinski definition) is 3. The van der Waals surface area contributed by atoms with E-state index in [9.17, 15) is 4.79 Å². The smallest absolute Gasteiger partial charge is 0.221 e. The molecule has 0 aromatic heterocycles. The minimum absolute atomic E-state index is 0. The van der Waals surface area contributed by atoms with Crippen molar-refractivity contribution in [1.82, 2.24) is 15.5 Å². The molecule has 2 heterocycles. The number of piperidine rings is 1. The van der Waals surface area contributed by atoms with E-state index < -0.39 is 0 Å². The summed E-state index contributed by atoms with van der Waals surface area (Å²) >= 11 is 0. The number of aliphatic imine (C=N–C) groups is 1. The van der Waals surface area contributed by atoms with Crippen LogP contribution in [0.2, 0.25) is 0 Å². The van der Waals surface area contributed by atoms with Crippen LogP contribution in [-0.4, -0.2) is 55.2 Å². The first-order valence-electron chi connectivity index (χ1n) is 11.2. The lowest BCUT2D eigenvalue weighted by Crippen LogP contribution is -2.45. The van der Waals surface area contributed by atoms with Gasteiger partial charge in [-0.3, -0.25) is 9.69 Å². The van der Waals surface area contributed by atoms with Crippen LogP contribution in [0.3, 0.4) is 0 Å². The van der Waals surface area contributed by atoms with E-state index in [0.29, 0.717) is 6.54 Å². The Morgan fingerprint density at radius 1 is 1.32 bits per heavy atom. The van der Waals surface area contributed by atoms with E-state index in [2.05, 4.69) is 53.6 Å². The molecule has 0 radical (unpaired) electrons. The third-order valence-corrected chi connectivity index (χ3v) is 6.00. The maximum Gasteiger partial charge on any atom is 0.221 e. The van der Waals surface area contributed by atoms with Crippen LogP contribution in [0.4, 0.5) is 0 Å². The van der Waals surface area contributed by atoms with Gasteiger partial charge in [0, 0.05) is 32.8 Å². The number of nitrogens with zero attached hydrogens (tertiary/aromatic N) is 2. The molecule has 3 rings (SSSR count). The number of likely N-dealkylation sites (tertiary alicyclic amines) is 1. The van der Waals surface area contributed by atoms with Crippen LogP contribution in [0.1, 0.15) is 50.7 Å². The molecule has 174 valence electrons. The van der Waals surface area contributed by atoms with Gasteiger partial charge < -0.3 is 21.1 Å². The molecule has 2 aliphatic heterocycles. The molecule has 0 spiro atoms.